The van der Waals surface area contributed by atoms with E-state index in [1.165, 1.54) is 0 Å². The normalized spacial score (nSPS) is 19.6. The Hall–Kier alpha value is -6.06. The molecule has 0 atom stereocenters. The minimum absolute atomic E-state index is 0.0635. The van der Waals surface area contributed by atoms with Gasteiger partial charge in [0, 0.05) is 74.3 Å². The molecule has 1 saturated carbocycles. The van der Waals surface area contributed by atoms with E-state index in [0.717, 1.165) is 12.8 Å². The van der Waals surface area contributed by atoms with Gasteiger partial charge in [0.1, 0.15) is 35.0 Å². The second-order valence-corrected chi connectivity index (χ2v) is 14.0. The third-order valence-corrected chi connectivity index (χ3v) is 10.4. The Balaban J connectivity index is 0.812. The molecule has 16 heteroatoms. The molecule has 0 spiro atoms. The minimum Gasteiger partial charge on any atom is -0.451 e. The van der Waals surface area contributed by atoms with Crippen LogP contribution in [0.2, 0.25) is 0 Å². The molecule has 0 radical (unpaired) electrons. The van der Waals surface area contributed by atoms with Gasteiger partial charge in [0.05, 0.1) is 0 Å². The van der Waals surface area contributed by atoms with Crippen LogP contribution in [-0.4, -0.2) is 120 Å². The summed E-state index contributed by atoms with van der Waals surface area (Å²) in [7, 11) is 0. The molecule has 6 N–H and O–H groups in total. The van der Waals surface area contributed by atoms with E-state index in [-0.39, 0.29) is 47.2 Å². The number of hydrogen-bond acceptors (Lipinski definition) is 10. The van der Waals surface area contributed by atoms with Crippen molar-refractivity contribution >= 4 is 57.6 Å². The van der Waals surface area contributed by atoms with Crippen molar-refractivity contribution in [3.8, 4) is 0 Å². The van der Waals surface area contributed by atoms with Crippen LogP contribution < -0.4 is 11.5 Å². The number of nitrogen functional groups attached to an aromatic ring is 2. The van der Waals surface area contributed by atoms with Crippen LogP contribution in [-0.2, 0) is 9.47 Å². The van der Waals surface area contributed by atoms with Crippen molar-refractivity contribution in [1.82, 2.24) is 19.6 Å². The van der Waals surface area contributed by atoms with Crippen LogP contribution in [0.4, 0.5) is 9.59 Å². The summed E-state index contributed by atoms with van der Waals surface area (Å²) in [4.78, 5) is 59.0. The molecule has 284 valence electrons. The van der Waals surface area contributed by atoms with Gasteiger partial charge in [-0.15, -0.1) is 0 Å². The van der Waals surface area contributed by atoms with Gasteiger partial charge in [-0.05, 0) is 87.1 Å². The van der Waals surface area contributed by atoms with Crippen molar-refractivity contribution in [3.05, 3.63) is 71.2 Å². The first-order valence-corrected chi connectivity index (χ1v) is 18.3. The van der Waals surface area contributed by atoms with E-state index in [4.69, 9.17) is 40.6 Å². The maximum Gasteiger partial charge on any atom is 0.410 e. The summed E-state index contributed by atoms with van der Waals surface area (Å²) in [6.45, 7) is 2.75. The molecule has 2 aromatic carbocycles. The summed E-state index contributed by atoms with van der Waals surface area (Å²) in [5.41, 5.74) is 13.3. The standard InChI is InChI=1S/C38H44N8O8/c39-33(40)23-7-9-29-25(19-23)21-31(53-29)35(47)43-11-15-45(16-12-43)37(49)51-27-3-1-4-28(6-2-5-27)52-38(50)46-17-13-44(14-18-46)36(48)32-22-26-20-24(34(41)42)8-10-30(26)54-32/h7-10,19-22,27-28H,1-6,11-18H2,(H3,39,40)(H3,41,42). The van der Waals surface area contributed by atoms with E-state index >= 15 is 0 Å². The van der Waals surface area contributed by atoms with Crippen molar-refractivity contribution < 1.29 is 37.5 Å². The number of hydrogen-bond donors (Lipinski definition) is 4. The number of nitrogens with one attached hydrogen (secondary N) is 2. The summed E-state index contributed by atoms with van der Waals surface area (Å²) in [5, 5.41) is 16.6. The molecule has 3 fully saturated rings. The Morgan fingerprint density at radius 1 is 0.556 bits per heavy atom. The molecule has 4 aromatic rings. The maximum atomic E-state index is 13.1. The van der Waals surface area contributed by atoms with Gasteiger partial charge in [-0.2, -0.15) is 0 Å². The number of benzene rings is 2. The lowest BCUT2D eigenvalue weighted by molar-refractivity contribution is 0.0162. The molecule has 0 unspecified atom stereocenters. The number of amidine groups is 2. The first-order chi connectivity index (χ1) is 26.0. The zero-order chi connectivity index (χ0) is 37.9. The van der Waals surface area contributed by atoms with Crippen LogP contribution in [0.1, 0.15) is 70.8 Å². The summed E-state index contributed by atoms with van der Waals surface area (Å²) < 4.78 is 23.3. The average molecular weight is 741 g/mol. The van der Waals surface area contributed by atoms with Crippen molar-refractivity contribution in [3.63, 3.8) is 0 Å². The van der Waals surface area contributed by atoms with Gasteiger partial charge in [-0.3, -0.25) is 20.4 Å². The zero-order valence-corrected chi connectivity index (χ0v) is 29.9. The van der Waals surface area contributed by atoms with Crippen molar-refractivity contribution in [2.24, 2.45) is 11.5 Å². The predicted octanol–water partition coefficient (Wildman–Crippen LogP) is 4.33. The molecule has 7 rings (SSSR count). The van der Waals surface area contributed by atoms with Crippen molar-refractivity contribution in [1.29, 1.82) is 10.8 Å². The highest BCUT2D eigenvalue weighted by molar-refractivity contribution is 6.02. The first kappa shape index (κ1) is 36.3. The quantitative estimate of drug-likeness (QED) is 0.162. The van der Waals surface area contributed by atoms with Crippen molar-refractivity contribution in [2.45, 2.75) is 50.7 Å². The Morgan fingerprint density at radius 3 is 1.26 bits per heavy atom. The number of furan rings is 2. The molecule has 4 amide bonds. The monoisotopic (exact) mass is 740 g/mol. The van der Waals surface area contributed by atoms with Crippen LogP contribution in [0, 0.1) is 10.8 Å². The molecule has 0 bridgehead atoms. The number of carbonyl (C=O) groups is 4. The van der Waals surface area contributed by atoms with E-state index in [2.05, 4.69) is 0 Å². The molecular formula is C38H44N8O8. The number of nitrogens with two attached hydrogens (primary N) is 2. The van der Waals surface area contributed by atoms with E-state index in [9.17, 15) is 19.2 Å². The van der Waals surface area contributed by atoms with Crippen LogP contribution in [0.5, 0.6) is 0 Å². The van der Waals surface area contributed by atoms with Gasteiger partial charge in [-0.25, -0.2) is 9.59 Å². The molecule has 54 heavy (non-hydrogen) atoms. The molecular weight excluding hydrogens is 696 g/mol. The van der Waals surface area contributed by atoms with Crippen LogP contribution >= 0.6 is 0 Å². The van der Waals surface area contributed by atoms with Crippen molar-refractivity contribution in [2.75, 3.05) is 52.4 Å². The molecule has 1 aliphatic carbocycles. The number of amides is 4. The molecule has 2 aliphatic heterocycles. The number of piperazine rings is 2. The van der Waals surface area contributed by atoms with E-state index in [1.54, 1.807) is 68.1 Å². The largest absolute Gasteiger partial charge is 0.451 e. The number of carbonyl (C=O) groups excluding carboxylic acids is 4. The second-order valence-electron chi connectivity index (χ2n) is 14.0. The predicted molar refractivity (Wildman–Crippen MR) is 198 cm³/mol. The molecule has 2 aromatic heterocycles. The highest BCUT2D eigenvalue weighted by Gasteiger charge is 2.31. The van der Waals surface area contributed by atoms with Gasteiger partial charge in [0.2, 0.25) is 0 Å². The molecule has 3 aliphatic rings. The smallest absolute Gasteiger partial charge is 0.410 e. The summed E-state index contributed by atoms with van der Waals surface area (Å²) >= 11 is 0. The minimum atomic E-state index is -0.392. The lowest BCUT2D eigenvalue weighted by atomic mass is 9.96. The van der Waals surface area contributed by atoms with Gasteiger partial charge in [0.25, 0.3) is 11.8 Å². The first-order valence-electron chi connectivity index (χ1n) is 18.3. The fourth-order valence-electron chi connectivity index (χ4n) is 7.23. The second kappa shape index (κ2) is 15.5. The summed E-state index contributed by atoms with van der Waals surface area (Å²) in [5.74, 6) is -0.260. The third-order valence-electron chi connectivity index (χ3n) is 10.4. The number of nitrogens with zero attached hydrogens (tertiary/aromatic N) is 4. The lowest BCUT2D eigenvalue weighted by Gasteiger charge is -2.35. The average Bonchev–Trinajstić information content (AvgIpc) is 3.80. The van der Waals surface area contributed by atoms with Crippen LogP contribution in [0.25, 0.3) is 21.9 Å². The SMILES string of the molecule is N=C(N)c1ccc2oc(C(=O)N3CCN(C(=O)OC4CCCC(OC(=O)N5CCN(C(=O)c6cc7cc(C(=N)N)ccc7o6)CC5)CCC4)CC3)cc2c1. The molecule has 4 heterocycles. The Labute approximate surface area is 310 Å². The van der Waals surface area contributed by atoms with Gasteiger partial charge in [0.15, 0.2) is 11.5 Å². The lowest BCUT2D eigenvalue weighted by Crippen LogP contribution is -2.51. The summed E-state index contributed by atoms with van der Waals surface area (Å²) in [6, 6.07) is 13.4. The fourth-order valence-corrected chi connectivity index (χ4v) is 7.23. The highest BCUT2D eigenvalue weighted by atomic mass is 16.6. The zero-order valence-electron chi connectivity index (χ0n) is 29.9. The third kappa shape index (κ3) is 7.96. The van der Waals surface area contributed by atoms with Gasteiger partial charge < -0.3 is 49.4 Å². The van der Waals surface area contributed by atoms with Gasteiger partial charge in [-0.1, -0.05) is 0 Å². The van der Waals surface area contributed by atoms with E-state index < -0.39 is 12.2 Å². The topological polar surface area (TPSA) is 226 Å². The number of fused-ring (bicyclic) bond motifs is 2. The Bertz CT molecular complexity index is 1940. The number of rotatable bonds is 6. The van der Waals surface area contributed by atoms with Crippen LogP contribution in [0.3, 0.4) is 0 Å². The molecule has 16 nitrogen and oxygen atoms in total. The Kier molecular flexibility index (Phi) is 10.4. The fraction of sp³-hybridized carbons (Fsp3) is 0.421. The Morgan fingerprint density at radius 2 is 0.907 bits per heavy atom. The highest BCUT2D eigenvalue weighted by Crippen LogP contribution is 2.26. The van der Waals surface area contributed by atoms with E-state index in [0.29, 0.717) is 111 Å². The summed E-state index contributed by atoms with van der Waals surface area (Å²) in [6.07, 6.45) is 2.85. The number of ether oxygens (including phenoxy) is 2. The van der Waals surface area contributed by atoms with E-state index in [1.807, 2.05) is 0 Å². The van der Waals surface area contributed by atoms with Gasteiger partial charge >= 0.3 is 12.2 Å². The maximum absolute atomic E-state index is 13.1. The van der Waals surface area contributed by atoms with Crippen LogP contribution in [0.15, 0.2) is 57.4 Å². The molecule has 2 saturated heterocycles.